The average molecular weight is 205 g/mol. The zero-order valence-electron chi connectivity index (χ0n) is 6.39. The van der Waals surface area contributed by atoms with E-state index < -0.39 is 0 Å². The minimum Gasteiger partial charge on any atom is -0.392 e. The van der Waals surface area contributed by atoms with Crippen LogP contribution in [0.3, 0.4) is 0 Å². The van der Waals surface area contributed by atoms with E-state index in [0.29, 0.717) is 0 Å². The molecular formula is C8H13BrO. The van der Waals surface area contributed by atoms with E-state index in [9.17, 15) is 0 Å². The van der Waals surface area contributed by atoms with Gasteiger partial charge in [-0.05, 0) is 18.9 Å². The third-order valence-electron chi connectivity index (χ3n) is 1.21. The highest BCUT2D eigenvalue weighted by molar-refractivity contribution is 9.12. The summed E-state index contributed by atoms with van der Waals surface area (Å²) in [5, 5.41) is 8.78. The number of hydrogen-bond donors (Lipinski definition) is 1. The molecule has 0 fully saturated rings. The number of allylic oxidation sites excluding steroid dienone is 2. The largest absolute Gasteiger partial charge is 0.392 e. The van der Waals surface area contributed by atoms with Gasteiger partial charge in [0.15, 0.2) is 0 Å². The van der Waals surface area contributed by atoms with E-state index in [1.54, 1.807) is 0 Å². The lowest BCUT2D eigenvalue weighted by molar-refractivity contribution is 0.334. The molecule has 58 valence electrons. The zero-order valence-corrected chi connectivity index (χ0v) is 7.98. The molecule has 0 heterocycles. The first kappa shape index (κ1) is 9.92. The Bertz CT molecular complexity index is 147. The average Bonchev–Trinajstić information content (AvgIpc) is 1.91. The second-order valence-electron chi connectivity index (χ2n) is 1.93. The molecule has 0 amide bonds. The Labute approximate surface area is 70.6 Å². The Morgan fingerprint density at radius 2 is 2.20 bits per heavy atom. The Morgan fingerprint density at radius 1 is 1.60 bits per heavy atom. The molecule has 2 heteroatoms. The SMILES string of the molecule is CC=C(CO)C(Br)=CCC. The fourth-order valence-corrected chi connectivity index (χ4v) is 1.29. The molecule has 10 heavy (non-hydrogen) atoms. The third-order valence-corrected chi connectivity index (χ3v) is 2.04. The van der Waals surface area contributed by atoms with Crippen molar-refractivity contribution in [2.45, 2.75) is 20.3 Å². The zero-order chi connectivity index (χ0) is 7.98. The second-order valence-corrected chi connectivity index (χ2v) is 2.79. The van der Waals surface area contributed by atoms with Crippen molar-refractivity contribution in [3.05, 3.63) is 22.2 Å². The summed E-state index contributed by atoms with van der Waals surface area (Å²) < 4.78 is 1.00. The number of aliphatic hydroxyl groups is 1. The van der Waals surface area contributed by atoms with Crippen LogP contribution in [0.1, 0.15) is 20.3 Å². The topological polar surface area (TPSA) is 20.2 Å². The van der Waals surface area contributed by atoms with Crippen LogP contribution in [0.2, 0.25) is 0 Å². The van der Waals surface area contributed by atoms with Gasteiger partial charge in [-0.15, -0.1) is 0 Å². The molecule has 0 saturated heterocycles. The molecule has 0 rings (SSSR count). The minimum atomic E-state index is 0.105. The van der Waals surface area contributed by atoms with E-state index in [1.807, 2.05) is 19.1 Å². The Kier molecular flexibility index (Phi) is 5.64. The van der Waals surface area contributed by atoms with Crippen LogP contribution in [0, 0.1) is 0 Å². The smallest absolute Gasteiger partial charge is 0.0689 e. The van der Waals surface area contributed by atoms with Crippen molar-refractivity contribution in [1.82, 2.24) is 0 Å². The lowest BCUT2D eigenvalue weighted by atomic mass is 10.2. The van der Waals surface area contributed by atoms with Crippen LogP contribution in [-0.2, 0) is 0 Å². The molecule has 0 aromatic rings. The highest BCUT2D eigenvalue weighted by Gasteiger charge is 1.95. The Balaban J connectivity index is 4.16. The van der Waals surface area contributed by atoms with Crippen LogP contribution in [0.25, 0.3) is 0 Å². The lowest BCUT2D eigenvalue weighted by Crippen LogP contribution is -1.88. The van der Waals surface area contributed by atoms with Crippen molar-refractivity contribution in [3.63, 3.8) is 0 Å². The standard InChI is InChI=1S/C8H13BrO/c1-3-5-8(9)7(4-2)6-10/h4-5,10H,3,6H2,1-2H3. The minimum absolute atomic E-state index is 0.105. The summed E-state index contributed by atoms with van der Waals surface area (Å²) in [6, 6.07) is 0. The van der Waals surface area contributed by atoms with Gasteiger partial charge in [0.1, 0.15) is 0 Å². The van der Waals surface area contributed by atoms with E-state index in [1.165, 1.54) is 0 Å². The first-order valence-electron chi connectivity index (χ1n) is 3.38. The van der Waals surface area contributed by atoms with Crippen LogP contribution < -0.4 is 0 Å². The normalized spacial score (nSPS) is 14.0. The monoisotopic (exact) mass is 204 g/mol. The van der Waals surface area contributed by atoms with E-state index >= 15 is 0 Å². The molecule has 0 radical (unpaired) electrons. The van der Waals surface area contributed by atoms with Gasteiger partial charge in [-0.3, -0.25) is 0 Å². The maximum absolute atomic E-state index is 8.78. The number of aliphatic hydroxyl groups excluding tert-OH is 1. The highest BCUT2D eigenvalue weighted by Crippen LogP contribution is 2.16. The number of rotatable bonds is 3. The van der Waals surface area contributed by atoms with Crippen molar-refractivity contribution in [2.75, 3.05) is 6.61 Å². The van der Waals surface area contributed by atoms with E-state index in [0.717, 1.165) is 16.5 Å². The molecule has 0 aliphatic carbocycles. The van der Waals surface area contributed by atoms with Gasteiger partial charge >= 0.3 is 0 Å². The van der Waals surface area contributed by atoms with Gasteiger partial charge in [0.2, 0.25) is 0 Å². The van der Waals surface area contributed by atoms with E-state index in [2.05, 4.69) is 22.9 Å². The fraction of sp³-hybridized carbons (Fsp3) is 0.500. The van der Waals surface area contributed by atoms with Gasteiger partial charge in [0.05, 0.1) is 6.61 Å². The summed E-state index contributed by atoms with van der Waals surface area (Å²) in [4.78, 5) is 0. The van der Waals surface area contributed by atoms with Gasteiger partial charge in [0.25, 0.3) is 0 Å². The summed E-state index contributed by atoms with van der Waals surface area (Å²) in [6.45, 7) is 4.08. The van der Waals surface area contributed by atoms with Crippen molar-refractivity contribution < 1.29 is 5.11 Å². The van der Waals surface area contributed by atoms with Gasteiger partial charge in [-0.25, -0.2) is 0 Å². The van der Waals surface area contributed by atoms with Crippen LogP contribution in [-0.4, -0.2) is 11.7 Å². The van der Waals surface area contributed by atoms with Crippen LogP contribution in [0.5, 0.6) is 0 Å². The van der Waals surface area contributed by atoms with Gasteiger partial charge in [-0.1, -0.05) is 35.0 Å². The van der Waals surface area contributed by atoms with Crippen LogP contribution >= 0.6 is 15.9 Å². The summed E-state index contributed by atoms with van der Waals surface area (Å²) in [5.41, 5.74) is 0.946. The van der Waals surface area contributed by atoms with Gasteiger partial charge in [0, 0.05) is 4.48 Å². The molecule has 0 bridgehead atoms. The quantitative estimate of drug-likeness (QED) is 0.702. The molecule has 1 nitrogen and oxygen atoms in total. The first-order chi connectivity index (χ1) is 4.76. The summed E-state index contributed by atoms with van der Waals surface area (Å²) in [7, 11) is 0. The molecule has 0 aliphatic heterocycles. The first-order valence-corrected chi connectivity index (χ1v) is 4.17. The van der Waals surface area contributed by atoms with Crippen molar-refractivity contribution >= 4 is 15.9 Å². The molecule has 0 unspecified atom stereocenters. The molecule has 0 aromatic heterocycles. The van der Waals surface area contributed by atoms with Crippen molar-refractivity contribution in [3.8, 4) is 0 Å². The van der Waals surface area contributed by atoms with E-state index in [-0.39, 0.29) is 6.61 Å². The second kappa shape index (κ2) is 5.69. The fourth-order valence-electron chi connectivity index (χ4n) is 0.615. The molecule has 0 aromatic carbocycles. The number of hydrogen-bond acceptors (Lipinski definition) is 1. The molecule has 0 atom stereocenters. The third kappa shape index (κ3) is 3.18. The summed E-state index contributed by atoms with van der Waals surface area (Å²) >= 11 is 3.36. The van der Waals surface area contributed by atoms with Gasteiger partial charge < -0.3 is 5.11 Å². The molecule has 0 saturated carbocycles. The maximum atomic E-state index is 8.78. The van der Waals surface area contributed by atoms with Crippen LogP contribution in [0.4, 0.5) is 0 Å². The summed E-state index contributed by atoms with van der Waals surface area (Å²) in [6.07, 6.45) is 4.92. The molecule has 0 spiro atoms. The van der Waals surface area contributed by atoms with Crippen LogP contribution in [0.15, 0.2) is 22.2 Å². The predicted octanol–water partition coefficient (Wildman–Crippen LogP) is 2.61. The van der Waals surface area contributed by atoms with Crippen molar-refractivity contribution in [2.24, 2.45) is 0 Å². The Morgan fingerprint density at radius 3 is 2.50 bits per heavy atom. The van der Waals surface area contributed by atoms with Gasteiger partial charge in [-0.2, -0.15) is 0 Å². The van der Waals surface area contributed by atoms with Crippen molar-refractivity contribution in [1.29, 1.82) is 0 Å². The predicted molar refractivity (Wildman–Crippen MR) is 48.1 cm³/mol. The molecule has 0 aliphatic rings. The lowest BCUT2D eigenvalue weighted by Gasteiger charge is -1.99. The molecule has 1 N–H and O–H groups in total. The number of halogens is 1. The Hall–Kier alpha value is -0.0800. The summed E-state index contributed by atoms with van der Waals surface area (Å²) in [5.74, 6) is 0. The van der Waals surface area contributed by atoms with E-state index in [4.69, 9.17) is 5.11 Å². The maximum Gasteiger partial charge on any atom is 0.0689 e. The highest BCUT2D eigenvalue weighted by atomic mass is 79.9. The molecular weight excluding hydrogens is 192 g/mol.